The predicted molar refractivity (Wildman–Crippen MR) is 97.7 cm³/mol. The molecule has 0 amide bonds. The molecule has 0 fully saturated rings. The van der Waals surface area contributed by atoms with Gasteiger partial charge in [0.2, 0.25) is 0 Å². The minimum absolute atomic E-state index is 0.171. The zero-order valence-corrected chi connectivity index (χ0v) is 15.5. The summed E-state index contributed by atoms with van der Waals surface area (Å²) in [6, 6.07) is 14.3. The van der Waals surface area contributed by atoms with Crippen molar-refractivity contribution < 1.29 is 0 Å². The maximum absolute atomic E-state index is 6.34. The number of nitrogens with one attached hydrogen (secondary N) is 1. The lowest BCUT2D eigenvalue weighted by Gasteiger charge is -2.20. The van der Waals surface area contributed by atoms with E-state index in [1.807, 2.05) is 30.3 Å². The van der Waals surface area contributed by atoms with Crippen LogP contribution in [0.4, 0.5) is 0 Å². The quantitative estimate of drug-likeness (QED) is 0.575. The summed E-state index contributed by atoms with van der Waals surface area (Å²) in [5.41, 5.74) is 1.05. The van der Waals surface area contributed by atoms with E-state index in [1.54, 1.807) is 11.8 Å². The van der Waals surface area contributed by atoms with Crippen LogP contribution in [0.1, 0.15) is 18.5 Å². The molecule has 0 saturated heterocycles. The lowest BCUT2D eigenvalue weighted by atomic mass is 10.1. The molecular formula is C16H16BrCl2NS. The molecule has 1 N–H and O–H groups in total. The zero-order chi connectivity index (χ0) is 15.2. The van der Waals surface area contributed by atoms with Crippen molar-refractivity contribution in [2.45, 2.75) is 17.9 Å². The summed E-state index contributed by atoms with van der Waals surface area (Å²) in [5, 5.41) is 4.72. The number of rotatable bonds is 6. The van der Waals surface area contributed by atoms with Gasteiger partial charge in [-0.25, -0.2) is 0 Å². The van der Waals surface area contributed by atoms with Crippen LogP contribution in [0.2, 0.25) is 10.0 Å². The third kappa shape index (κ3) is 4.90. The molecule has 2 rings (SSSR count). The highest BCUT2D eigenvalue weighted by molar-refractivity contribution is 9.10. The predicted octanol–water partition coefficient (Wildman–Crippen LogP) is 6.20. The fraction of sp³-hybridized carbons (Fsp3) is 0.250. The smallest absolute Gasteiger partial charge is 0.0640 e. The van der Waals surface area contributed by atoms with Gasteiger partial charge in [-0.1, -0.05) is 64.3 Å². The molecule has 2 aromatic rings. The van der Waals surface area contributed by atoms with Gasteiger partial charge in [0.15, 0.2) is 0 Å². The van der Waals surface area contributed by atoms with Crippen LogP contribution in [-0.2, 0) is 0 Å². The summed E-state index contributed by atoms with van der Waals surface area (Å²) in [4.78, 5) is 1.23. The molecule has 0 aliphatic rings. The SMILES string of the molecule is CCNC(CSc1cccc(Br)c1)c1cccc(Cl)c1Cl. The number of halogens is 3. The Kier molecular flexibility index (Phi) is 6.90. The van der Waals surface area contributed by atoms with Gasteiger partial charge in [0.25, 0.3) is 0 Å². The maximum Gasteiger partial charge on any atom is 0.0640 e. The number of thioether (sulfide) groups is 1. The minimum Gasteiger partial charge on any atom is -0.309 e. The number of hydrogen-bond acceptors (Lipinski definition) is 2. The molecule has 0 saturated carbocycles. The number of hydrogen-bond donors (Lipinski definition) is 1. The Morgan fingerprint density at radius 3 is 2.67 bits per heavy atom. The van der Waals surface area contributed by atoms with E-state index in [-0.39, 0.29) is 6.04 Å². The molecule has 0 heterocycles. The largest absolute Gasteiger partial charge is 0.309 e. The Morgan fingerprint density at radius 1 is 1.19 bits per heavy atom. The molecule has 0 aliphatic carbocycles. The molecule has 1 unspecified atom stereocenters. The maximum atomic E-state index is 6.34. The first-order valence-corrected chi connectivity index (χ1v) is 9.21. The summed E-state index contributed by atoms with van der Waals surface area (Å²) < 4.78 is 1.09. The molecule has 0 aromatic heterocycles. The molecule has 21 heavy (non-hydrogen) atoms. The Labute approximate surface area is 148 Å². The van der Waals surface area contributed by atoms with E-state index < -0.39 is 0 Å². The van der Waals surface area contributed by atoms with E-state index in [4.69, 9.17) is 23.2 Å². The normalized spacial score (nSPS) is 12.4. The highest BCUT2D eigenvalue weighted by Gasteiger charge is 2.15. The van der Waals surface area contributed by atoms with E-state index in [0.717, 1.165) is 22.3 Å². The van der Waals surface area contributed by atoms with Crippen LogP contribution in [0.15, 0.2) is 51.8 Å². The Hall–Kier alpha value is -0.190. The summed E-state index contributed by atoms with van der Waals surface area (Å²) in [5.74, 6) is 0.893. The van der Waals surface area contributed by atoms with Gasteiger partial charge in [-0.3, -0.25) is 0 Å². The topological polar surface area (TPSA) is 12.0 Å². The molecule has 1 atom stereocenters. The highest BCUT2D eigenvalue weighted by Crippen LogP contribution is 2.33. The van der Waals surface area contributed by atoms with Gasteiger partial charge in [0, 0.05) is 21.2 Å². The lowest BCUT2D eigenvalue weighted by molar-refractivity contribution is 0.606. The first-order chi connectivity index (χ1) is 10.1. The van der Waals surface area contributed by atoms with E-state index >= 15 is 0 Å². The van der Waals surface area contributed by atoms with Crippen LogP contribution >= 0.6 is 50.9 Å². The van der Waals surface area contributed by atoms with Crippen molar-refractivity contribution in [3.05, 3.63) is 62.5 Å². The van der Waals surface area contributed by atoms with Crippen molar-refractivity contribution in [2.24, 2.45) is 0 Å². The first-order valence-electron chi connectivity index (χ1n) is 6.67. The van der Waals surface area contributed by atoms with Gasteiger partial charge in [-0.2, -0.15) is 0 Å². The molecule has 0 bridgehead atoms. The molecule has 0 spiro atoms. The van der Waals surface area contributed by atoms with Crippen molar-refractivity contribution in [2.75, 3.05) is 12.3 Å². The average molecular weight is 405 g/mol. The van der Waals surface area contributed by atoms with Crippen molar-refractivity contribution in [1.29, 1.82) is 0 Å². The molecular weight excluding hydrogens is 389 g/mol. The van der Waals surface area contributed by atoms with Crippen molar-refractivity contribution in [3.63, 3.8) is 0 Å². The van der Waals surface area contributed by atoms with Gasteiger partial charge in [-0.15, -0.1) is 11.8 Å². The fourth-order valence-corrected chi connectivity index (χ4v) is 4.06. The van der Waals surface area contributed by atoms with Crippen LogP contribution in [0.3, 0.4) is 0 Å². The zero-order valence-electron chi connectivity index (χ0n) is 11.6. The Morgan fingerprint density at radius 2 is 1.95 bits per heavy atom. The van der Waals surface area contributed by atoms with Gasteiger partial charge >= 0.3 is 0 Å². The van der Waals surface area contributed by atoms with Crippen LogP contribution in [0, 0.1) is 0 Å². The van der Waals surface area contributed by atoms with Crippen LogP contribution in [-0.4, -0.2) is 12.3 Å². The monoisotopic (exact) mass is 403 g/mol. The first kappa shape index (κ1) is 17.2. The van der Waals surface area contributed by atoms with Gasteiger partial charge in [0.05, 0.1) is 10.0 Å². The van der Waals surface area contributed by atoms with Gasteiger partial charge in [-0.05, 0) is 36.4 Å². The number of benzene rings is 2. The van der Waals surface area contributed by atoms with E-state index in [1.165, 1.54) is 4.90 Å². The molecule has 1 nitrogen and oxygen atoms in total. The van der Waals surface area contributed by atoms with Crippen molar-refractivity contribution >= 4 is 50.9 Å². The van der Waals surface area contributed by atoms with Crippen LogP contribution in [0.25, 0.3) is 0 Å². The third-order valence-electron chi connectivity index (χ3n) is 3.02. The lowest BCUT2D eigenvalue weighted by Crippen LogP contribution is -2.23. The molecule has 2 aromatic carbocycles. The standard InChI is InChI=1S/C16H16BrCl2NS/c1-2-20-15(13-7-4-8-14(18)16(13)19)10-21-12-6-3-5-11(17)9-12/h3-9,15,20H,2,10H2,1H3. The summed E-state index contributed by atoms with van der Waals surface area (Å²) in [6.45, 7) is 2.97. The fourth-order valence-electron chi connectivity index (χ4n) is 2.03. The Bertz CT molecular complexity index is 607. The second kappa shape index (κ2) is 8.44. The summed E-state index contributed by atoms with van der Waals surface area (Å²) >= 11 is 17.8. The van der Waals surface area contributed by atoms with Gasteiger partial charge < -0.3 is 5.32 Å². The third-order valence-corrected chi connectivity index (χ3v) is 5.43. The van der Waals surface area contributed by atoms with Crippen LogP contribution in [0.5, 0.6) is 0 Å². The highest BCUT2D eigenvalue weighted by atomic mass is 79.9. The van der Waals surface area contributed by atoms with Gasteiger partial charge in [0.1, 0.15) is 0 Å². The van der Waals surface area contributed by atoms with Crippen molar-refractivity contribution in [1.82, 2.24) is 5.32 Å². The summed E-state index contributed by atoms with van der Waals surface area (Å²) in [6.07, 6.45) is 0. The van der Waals surface area contributed by atoms with E-state index in [2.05, 4.69) is 40.3 Å². The van der Waals surface area contributed by atoms with E-state index in [9.17, 15) is 0 Å². The molecule has 5 heteroatoms. The second-order valence-corrected chi connectivity index (χ2v) is 7.32. The summed E-state index contributed by atoms with van der Waals surface area (Å²) in [7, 11) is 0. The molecule has 0 radical (unpaired) electrons. The van der Waals surface area contributed by atoms with Crippen LogP contribution < -0.4 is 5.32 Å². The Balaban J connectivity index is 2.14. The van der Waals surface area contributed by atoms with E-state index in [0.29, 0.717) is 10.0 Å². The molecule has 0 aliphatic heterocycles. The minimum atomic E-state index is 0.171. The molecule has 112 valence electrons. The van der Waals surface area contributed by atoms with Crippen molar-refractivity contribution in [3.8, 4) is 0 Å². The second-order valence-electron chi connectivity index (χ2n) is 4.52. The average Bonchev–Trinajstić information content (AvgIpc) is 2.47.